The number of nitrogens with one attached hydrogen (secondary N) is 2. The third kappa shape index (κ3) is 7.28. The summed E-state index contributed by atoms with van der Waals surface area (Å²) in [6, 6.07) is 15.8. The molecule has 1 aromatic heterocycles. The number of hydrogen-bond acceptors (Lipinski definition) is 6. The topological polar surface area (TPSA) is 108 Å². The van der Waals surface area contributed by atoms with Crippen molar-refractivity contribution in [1.29, 1.82) is 0 Å². The second kappa shape index (κ2) is 13.0. The van der Waals surface area contributed by atoms with Crippen LogP contribution in [-0.4, -0.2) is 65.4 Å². The Morgan fingerprint density at radius 2 is 1.84 bits per heavy atom. The fourth-order valence-electron chi connectivity index (χ4n) is 4.49. The second-order valence-electron chi connectivity index (χ2n) is 9.33. The third-order valence-electron chi connectivity index (χ3n) is 6.62. The maximum Gasteiger partial charge on any atom is 0.293 e. The van der Waals surface area contributed by atoms with Crippen molar-refractivity contribution in [2.45, 2.75) is 31.4 Å². The number of carbonyl (C=O) groups is 1. The van der Waals surface area contributed by atoms with E-state index in [1.807, 2.05) is 36.4 Å². The summed E-state index contributed by atoms with van der Waals surface area (Å²) in [4.78, 5) is 32.1. The molecule has 2 atom stereocenters. The molecule has 38 heavy (non-hydrogen) atoms. The second-order valence-corrected chi connectivity index (χ2v) is 9.33. The number of alkyl halides is 1. The van der Waals surface area contributed by atoms with Gasteiger partial charge >= 0.3 is 0 Å². The van der Waals surface area contributed by atoms with Gasteiger partial charge in [-0.1, -0.05) is 36.1 Å². The molecular weight excluding hydrogens is 487 g/mol. The Balaban J connectivity index is 1.39. The van der Waals surface area contributed by atoms with E-state index in [9.17, 15) is 19.1 Å². The summed E-state index contributed by atoms with van der Waals surface area (Å²) in [6.45, 7) is 1.78. The Labute approximate surface area is 220 Å². The van der Waals surface area contributed by atoms with Gasteiger partial charge in [0.15, 0.2) is 6.67 Å². The fourth-order valence-corrected chi connectivity index (χ4v) is 4.49. The lowest BCUT2D eigenvalue weighted by molar-refractivity contribution is -0.122. The Kier molecular flexibility index (Phi) is 9.25. The zero-order chi connectivity index (χ0) is 26.9. The highest BCUT2D eigenvalue weighted by atomic mass is 19.1. The monoisotopic (exact) mass is 518 g/mol. The largest absolute Gasteiger partial charge is 0.502 e. The summed E-state index contributed by atoms with van der Waals surface area (Å²) in [7, 11) is 1.76. The smallest absolute Gasteiger partial charge is 0.293 e. The number of halogens is 1. The molecule has 0 bridgehead atoms. The first kappa shape index (κ1) is 27.0. The first-order valence-electron chi connectivity index (χ1n) is 12.5. The van der Waals surface area contributed by atoms with E-state index < -0.39 is 29.8 Å². The number of nitrogens with zero attached hydrogens (tertiary/aromatic N) is 2. The lowest BCUT2D eigenvalue weighted by Gasteiger charge is -2.17. The third-order valence-corrected chi connectivity index (χ3v) is 6.62. The number of rotatable bonds is 9. The van der Waals surface area contributed by atoms with Crippen LogP contribution in [0, 0.1) is 11.8 Å². The van der Waals surface area contributed by atoms with Gasteiger partial charge in [0.05, 0.1) is 18.1 Å². The van der Waals surface area contributed by atoms with Crippen molar-refractivity contribution in [2.75, 3.05) is 33.4 Å². The van der Waals surface area contributed by atoms with Crippen molar-refractivity contribution in [3.8, 4) is 17.6 Å². The minimum absolute atomic E-state index is 0.0229. The number of H-pyrrole nitrogens is 1. The molecule has 0 radical (unpaired) electrons. The molecular formula is C29H31FN4O4. The molecule has 4 rings (SSSR count). The van der Waals surface area contributed by atoms with E-state index in [1.165, 1.54) is 11.9 Å². The summed E-state index contributed by atoms with van der Waals surface area (Å²) in [5.41, 5.74) is 3.36. The maximum atomic E-state index is 12.6. The highest BCUT2D eigenvalue weighted by Gasteiger charge is 2.22. The van der Waals surface area contributed by atoms with Crippen molar-refractivity contribution in [3.05, 3.63) is 93.2 Å². The van der Waals surface area contributed by atoms with E-state index >= 15 is 0 Å². The molecule has 2 aromatic carbocycles. The van der Waals surface area contributed by atoms with Gasteiger partial charge in [-0.3, -0.25) is 14.5 Å². The molecule has 0 aliphatic carbocycles. The van der Waals surface area contributed by atoms with Crippen LogP contribution in [0.1, 0.15) is 40.3 Å². The van der Waals surface area contributed by atoms with Crippen molar-refractivity contribution < 1.29 is 19.0 Å². The number of aromatic amines is 1. The van der Waals surface area contributed by atoms with E-state index in [4.69, 9.17) is 4.74 Å². The predicted molar refractivity (Wildman–Crippen MR) is 142 cm³/mol. The van der Waals surface area contributed by atoms with Gasteiger partial charge < -0.3 is 20.1 Å². The Bertz CT molecular complexity index is 1350. The van der Waals surface area contributed by atoms with E-state index in [0.29, 0.717) is 12.5 Å². The molecule has 1 saturated heterocycles. The Hall–Kier alpha value is -4.00. The minimum atomic E-state index is -1.15. The summed E-state index contributed by atoms with van der Waals surface area (Å²) >= 11 is 0. The number of aromatic nitrogens is 2. The maximum absolute atomic E-state index is 12.6. The molecule has 1 fully saturated rings. The lowest BCUT2D eigenvalue weighted by Crippen LogP contribution is -2.31. The highest BCUT2D eigenvalue weighted by Crippen LogP contribution is 2.24. The first-order chi connectivity index (χ1) is 18.4. The van der Waals surface area contributed by atoms with E-state index in [2.05, 4.69) is 44.2 Å². The van der Waals surface area contributed by atoms with Gasteiger partial charge in [0, 0.05) is 50.3 Å². The van der Waals surface area contributed by atoms with Crippen LogP contribution in [0.15, 0.2) is 59.7 Å². The SMILES string of the molecule is CO[C@H]1CCN(Cc2ccc(C#Cc3ccc(CC(CNC(=O)CF)c4nc[nH]c(=O)c4O)cc3)cc2)C1. The molecule has 3 N–H and O–H groups in total. The zero-order valence-corrected chi connectivity index (χ0v) is 21.2. The average Bonchev–Trinajstić information content (AvgIpc) is 3.40. The molecule has 2 heterocycles. The van der Waals surface area contributed by atoms with Crippen LogP contribution in [0.3, 0.4) is 0 Å². The number of likely N-dealkylation sites (tertiary alicyclic amines) is 1. The Morgan fingerprint density at radius 3 is 2.45 bits per heavy atom. The number of aromatic hydroxyl groups is 1. The van der Waals surface area contributed by atoms with Gasteiger partial charge in [0.25, 0.3) is 11.5 Å². The molecule has 1 unspecified atom stereocenters. The van der Waals surface area contributed by atoms with E-state index in [0.717, 1.165) is 42.7 Å². The molecule has 198 valence electrons. The van der Waals surface area contributed by atoms with Crippen molar-refractivity contribution in [1.82, 2.24) is 20.2 Å². The fraction of sp³-hybridized carbons (Fsp3) is 0.345. The van der Waals surface area contributed by atoms with Crippen LogP contribution in [-0.2, 0) is 22.5 Å². The van der Waals surface area contributed by atoms with Crippen molar-refractivity contribution >= 4 is 5.91 Å². The van der Waals surface area contributed by atoms with Gasteiger partial charge in [0.2, 0.25) is 5.75 Å². The summed E-state index contributed by atoms with van der Waals surface area (Å²) in [5, 5.41) is 12.6. The van der Waals surface area contributed by atoms with Crippen LogP contribution in [0.2, 0.25) is 0 Å². The molecule has 8 nitrogen and oxygen atoms in total. The van der Waals surface area contributed by atoms with Crippen molar-refractivity contribution in [2.24, 2.45) is 0 Å². The van der Waals surface area contributed by atoms with Crippen LogP contribution in [0.25, 0.3) is 0 Å². The quantitative estimate of drug-likeness (QED) is 0.376. The molecule has 1 aliphatic rings. The summed E-state index contributed by atoms with van der Waals surface area (Å²) < 4.78 is 18.1. The van der Waals surface area contributed by atoms with Gasteiger partial charge in [-0.05, 0) is 48.2 Å². The number of carbonyl (C=O) groups excluding carboxylic acids is 1. The van der Waals surface area contributed by atoms with Gasteiger partial charge in [-0.2, -0.15) is 0 Å². The molecule has 1 aliphatic heterocycles. The predicted octanol–water partition coefficient (Wildman–Crippen LogP) is 2.51. The minimum Gasteiger partial charge on any atom is -0.502 e. The number of hydrogen-bond donors (Lipinski definition) is 3. The van der Waals surface area contributed by atoms with Crippen molar-refractivity contribution in [3.63, 3.8) is 0 Å². The zero-order valence-electron chi connectivity index (χ0n) is 21.2. The van der Waals surface area contributed by atoms with Gasteiger partial charge in [-0.25, -0.2) is 9.37 Å². The molecule has 0 spiro atoms. The standard InChI is InChI=1S/C29H31FN4O4/c1-38-25-12-13-34(18-25)17-23-10-6-21(7-11-23)3-2-20-4-8-22(9-5-20)14-24(16-31-26(35)15-30)27-28(36)29(37)33-19-32-27/h4-11,19,24-25,36H,12-18H2,1H3,(H,31,35)(H,32,33,37)/t24?,25-/m0/s1. The van der Waals surface area contributed by atoms with Gasteiger partial charge in [0.1, 0.15) is 0 Å². The molecule has 3 aromatic rings. The first-order valence-corrected chi connectivity index (χ1v) is 12.5. The number of amides is 1. The molecule has 9 heteroatoms. The molecule has 0 saturated carbocycles. The molecule has 1 amide bonds. The van der Waals surface area contributed by atoms with Crippen LogP contribution >= 0.6 is 0 Å². The summed E-state index contributed by atoms with van der Waals surface area (Å²) in [6.07, 6.45) is 2.95. The van der Waals surface area contributed by atoms with Crippen LogP contribution in [0.5, 0.6) is 5.75 Å². The van der Waals surface area contributed by atoms with Crippen LogP contribution in [0.4, 0.5) is 4.39 Å². The average molecular weight is 519 g/mol. The number of ether oxygens (including phenoxy) is 1. The lowest BCUT2D eigenvalue weighted by atomic mass is 9.94. The van der Waals surface area contributed by atoms with E-state index in [-0.39, 0.29) is 12.2 Å². The van der Waals surface area contributed by atoms with Crippen LogP contribution < -0.4 is 10.9 Å². The number of methoxy groups -OCH3 is 1. The Morgan fingerprint density at radius 1 is 1.18 bits per heavy atom. The van der Waals surface area contributed by atoms with E-state index in [1.54, 1.807) is 7.11 Å². The normalized spacial score (nSPS) is 16.0. The highest BCUT2D eigenvalue weighted by molar-refractivity contribution is 5.77. The summed E-state index contributed by atoms with van der Waals surface area (Å²) in [5.74, 6) is 4.55. The van der Waals surface area contributed by atoms with Gasteiger partial charge in [-0.15, -0.1) is 0 Å². The number of benzene rings is 2.